The highest BCUT2D eigenvalue weighted by molar-refractivity contribution is 6.08. The van der Waals surface area contributed by atoms with E-state index in [0.717, 1.165) is 25.7 Å². The highest BCUT2D eigenvalue weighted by Crippen LogP contribution is 2.64. The third kappa shape index (κ3) is 3.00. The molecule has 0 N–H and O–H groups in total. The predicted molar refractivity (Wildman–Crippen MR) is 112 cm³/mol. The molecule has 30 heavy (non-hydrogen) atoms. The summed E-state index contributed by atoms with van der Waals surface area (Å²) in [5, 5.41) is 0. The van der Waals surface area contributed by atoms with Crippen LogP contribution in [0.15, 0.2) is 18.2 Å². The summed E-state index contributed by atoms with van der Waals surface area (Å²) in [4.78, 5) is 38.6. The number of ether oxygens (including phenoxy) is 2. The van der Waals surface area contributed by atoms with Gasteiger partial charge in [0.25, 0.3) is 0 Å². The minimum absolute atomic E-state index is 0.0242. The minimum atomic E-state index is -1.23. The molecule has 0 aromatic heterocycles. The Bertz CT molecular complexity index is 890. The summed E-state index contributed by atoms with van der Waals surface area (Å²) >= 11 is 0. The van der Waals surface area contributed by atoms with E-state index in [4.69, 9.17) is 9.47 Å². The van der Waals surface area contributed by atoms with Crippen LogP contribution in [0.4, 0.5) is 0 Å². The highest BCUT2D eigenvalue weighted by Gasteiger charge is 2.66. The van der Waals surface area contributed by atoms with Crippen LogP contribution in [0.3, 0.4) is 0 Å². The summed E-state index contributed by atoms with van der Waals surface area (Å²) < 4.78 is 9.90. The van der Waals surface area contributed by atoms with Gasteiger partial charge in [-0.1, -0.05) is 30.7 Å². The molecule has 5 atom stereocenters. The molecule has 3 unspecified atom stereocenters. The first-order valence-electron chi connectivity index (χ1n) is 11.1. The van der Waals surface area contributed by atoms with Crippen molar-refractivity contribution in [2.24, 2.45) is 22.7 Å². The van der Waals surface area contributed by atoms with E-state index in [1.54, 1.807) is 0 Å². The normalized spacial score (nSPS) is 34.5. The van der Waals surface area contributed by atoms with Crippen LogP contribution in [-0.4, -0.2) is 31.9 Å². The van der Waals surface area contributed by atoms with Crippen molar-refractivity contribution in [1.82, 2.24) is 0 Å². The zero-order chi connectivity index (χ0) is 21.7. The number of fused-ring (bicyclic) bond motifs is 5. The molecular weight excluding hydrogens is 380 g/mol. The van der Waals surface area contributed by atoms with Gasteiger partial charge >= 0.3 is 11.9 Å². The number of hydrogen-bond donors (Lipinski definition) is 0. The Labute approximate surface area is 178 Å². The van der Waals surface area contributed by atoms with Crippen molar-refractivity contribution in [2.45, 2.75) is 64.7 Å². The van der Waals surface area contributed by atoms with E-state index in [-0.39, 0.29) is 24.5 Å². The molecule has 2 saturated carbocycles. The van der Waals surface area contributed by atoms with E-state index in [2.05, 4.69) is 25.1 Å². The number of benzene rings is 1. The van der Waals surface area contributed by atoms with Crippen LogP contribution in [-0.2, 0) is 30.3 Å². The summed E-state index contributed by atoms with van der Waals surface area (Å²) in [5.41, 5.74) is 2.39. The number of esters is 2. The van der Waals surface area contributed by atoms with Gasteiger partial charge in [0.15, 0.2) is 5.78 Å². The average Bonchev–Trinajstić information content (AvgIpc) is 2.99. The van der Waals surface area contributed by atoms with Gasteiger partial charge in [0.1, 0.15) is 5.41 Å². The van der Waals surface area contributed by atoms with Gasteiger partial charge in [-0.2, -0.15) is 0 Å². The molecular formula is C25H32O5. The highest BCUT2D eigenvalue weighted by atomic mass is 16.5. The maximum Gasteiger partial charge on any atom is 0.319 e. The van der Waals surface area contributed by atoms with E-state index < -0.39 is 22.8 Å². The summed E-state index contributed by atoms with van der Waals surface area (Å²) in [7, 11) is 2.66. The van der Waals surface area contributed by atoms with E-state index >= 15 is 0 Å². The van der Waals surface area contributed by atoms with Crippen LogP contribution >= 0.6 is 0 Å². The van der Waals surface area contributed by atoms with Crippen molar-refractivity contribution in [3.05, 3.63) is 34.9 Å². The van der Waals surface area contributed by atoms with Gasteiger partial charge in [-0.05, 0) is 74.3 Å². The molecule has 0 bridgehead atoms. The Morgan fingerprint density at radius 2 is 1.93 bits per heavy atom. The third-order valence-electron chi connectivity index (χ3n) is 8.35. The van der Waals surface area contributed by atoms with Gasteiger partial charge in [0.05, 0.1) is 14.2 Å². The fourth-order valence-corrected chi connectivity index (χ4v) is 6.81. The number of aryl methyl sites for hydroxylation is 2. The van der Waals surface area contributed by atoms with E-state index in [9.17, 15) is 14.4 Å². The van der Waals surface area contributed by atoms with Crippen molar-refractivity contribution in [1.29, 1.82) is 0 Å². The molecule has 0 radical (unpaired) electrons. The number of hydrogen-bond acceptors (Lipinski definition) is 5. The van der Waals surface area contributed by atoms with Crippen LogP contribution < -0.4 is 0 Å². The lowest BCUT2D eigenvalue weighted by Gasteiger charge is -2.48. The Balaban J connectivity index is 1.69. The Morgan fingerprint density at radius 1 is 1.17 bits per heavy atom. The van der Waals surface area contributed by atoms with Gasteiger partial charge in [-0.15, -0.1) is 0 Å². The lowest BCUT2D eigenvalue weighted by Crippen LogP contribution is -2.45. The van der Waals surface area contributed by atoms with Crippen molar-refractivity contribution >= 4 is 17.7 Å². The summed E-state index contributed by atoms with van der Waals surface area (Å²) in [6.07, 6.45) is 4.51. The van der Waals surface area contributed by atoms with Gasteiger partial charge in [0.2, 0.25) is 0 Å². The monoisotopic (exact) mass is 412 g/mol. The fraction of sp³-hybridized carbons (Fsp3) is 0.640. The standard InChI is InChI=1S/C25H32O5/c1-15-5-7-17-16(13-15)6-8-19-18(17)9-11-24(2)20(19)14-25(22(24)27,23(28)30-4)12-10-21(26)29-3/h5,7,13,18-20H,6,8-12,14H2,1-4H3/t18?,19?,20?,24-,25-/m0/s1. The zero-order valence-corrected chi connectivity index (χ0v) is 18.5. The maximum absolute atomic E-state index is 13.8. The Morgan fingerprint density at radius 3 is 2.63 bits per heavy atom. The first-order chi connectivity index (χ1) is 14.3. The molecule has 5 heteroatoms. The molecule has 4 rings (SSSR count). The van der Waals surface area contributed by atoms with Crippen LogP contribution in [0.1, 0.15) is 68.1 Å². The van der Waals surface area contributed by atoms with Crippen LogP contribution in [0, 0.1) is 29.6 Å². The van der Waals surface area contributed by atoms with Crippen molar-refractivity contribution in [3.63, 3.8) is 0 Å². The van der Waals surface area contributed by atoms with Crippen LogP contribution in [0.5, 0.6) is 0 Å². The predicted octanol–water partition coefficient (Wildman–Crippen LogP) is 4.14. The minimum Gasteiger partial charge on any atom is -0.469 e. The number of carbonyl (C=O) groups excluding carboxylic acids is 3. The largest absolute Gasteiger partial charge is 0.469 e. The molecule has 0 heterocycles. The molecule has 0 amide bonds. The molecule has 1 aromatic rings. The molecule has 3 aliphatic carbocycles. The summed E-state index contributed by atoms with van der Waals surface area (Å²) in [6.45, 7) is 4.18. The van der Waals surface area contributed by atoms with Gasteiger partial charge < -0.3 is 9.47 Å². The second-order valence-corrected chi connectivity index (χ2v) is 9.76. The Hall–Kier alpha value is -2.17. The lowest BCUT2D eigenvalue weighted by atomic mass is 9.55. The topological polar surface area (TPSA) is 69.7 Å². The smallest absolute Gasteiger partial charge is 0.319 e. The summed E-state index contributed by atoms with van der Waals surface area (Å²) in [6, 6.07) is 6.75. The van der Waals surface area contributed by atoms with Crippen molar-refractivity contribution in [2.75, 3.05) is 14.2 Å². The second-order valence-electron chi connectivity index (χ2n) is 9.76. The number of methoxy groups -OCH3 is 2. The average molecular weight is 413 g/mol. The van der Waals surface area contributed by atoms with E-state index in [0.29, 0.717) is 18.3 Å². The molecule has 2 fully saturated rings. The van der Waals surface area contributed by atoms with Gasteiger partial charge in [0, 0.05) is 11.8 Å². The SMILES string of the molecule is COC(=O)CC[C@]1(C(=O)OC)CC2C3CCc4cc(C)ccc4C3CC[C@]2(C)C1=O. The maximum atomic E-state index is 13.8. The fourth-order valence-electron chi connectivity index (χ4n) is 6.81. The van der Waals surface area contributed by atoms with Crippen molar-refractivity contribution in [3.8, 4) is 0 Å². The van der Waals surface area contributed by atoms with Gasteiger partial charge in [-0.3, -0.25) is 14.4 Å². The molecule has 3 aliphatic rings. The van der Waals surface area contributed by atoms with Crippen LogP contribution in [0.25, 0.3) is 0 Å². The second kappa shape index (κ2) is 7.51. The summed E-state index contributed by atoms with van der Waals surface area (Å²) in [5.74, 6) is 0.0436. The first-order valence-corrected chi connectivity index (χ1v) is 11.1. The van der Waals surface area contributed by atoms with E-state index in [1.165, 1.54) is 30.9 Å². The Kier molecular flexibility index (Phi) is 5.27. The number of carbonyl (C=O) groups is 3. The van der Waals surface area contributed by atoms with Gasteiger partial charge in [-0.25, -0.2) is 0 Å². The number of rotatable bonds is 4. The zero-order valence-electron chi connectivity index (χ0n) is 18.5. The third-order valence-corrected chi connectivity index (χ3v) is 8.35. The molecule has 162 valence electrons. The molecule has 1 aromatic carbocycles. The van der Waals surface area contributed by atoms with Crippen LogP contribution in [0.2, 0.25) is 0 Å². The van der Waals surface area contributed by atoms with Crippen molar-refractivity contribution < 1.29 is 23.9 Å². The quantitative estimate of drug-likeness (QED) is 0.549. The number of ketones is 1. The molecule has 0 saturated heterocycles. The number of Topliss-reactive ketones (excluding diaryl/α,β-unsaturated/α-hetero) is 1. The lowest BCUT2D eigenvalue weighted by molar-refractivity contribution is -0.159. The van der Waals surface area contributed by atoms with E-state index in [1.807, 2.05) is 6.92 Å². The first kappa shape index (κ1) is 21.1. The molecule has 5 nitrogen and oxygen atoms in total. The molecule has 0 spiro atoms. The molecule has 0 aliphatic heterocycles.